The van der Waals surface area contributed by atoms with E-state index in [1.807, 2.05) is 6.07 Å². The van der Waals surface area contributed by atoms with Crippen molar-refractivity contribution in [1.29, 1.82) is 0 Å². The van der Waals surface area contributed by atoms with Crippen LogP contribution in [0.5, 0.6) is 11.5 Å². The highest BCUT2D eigenvalue weighted by Gasteiger charge is 2.15. The topological polar surface area (TPSA) is 33.7 Å². The number of nitrogens with one attached hydrogen (secondary N) is 1. The van der Waals surface area contributed by atoms with E-state index in [1.54, 1.807) is 0 Å². The zero-order chi connectivity index (χ0) is 13.0. The Hall–Kier alpha value is -0.780. The first kappa shape index (κ1) is 13.6. The number of halogens is 1. The minimum absolute atomic E-state index is 0.617. The summed E-state index contributed by atoms with van der Waals surface area (Å²) in [4.78, 5) is 2.16. The average Bonchev–Trinajstić information content (AvgIpc) is 2.35. The molecule has 0 unspecified atom stereocenters. The van der Waals surface area contributed by atoms with E-state index in [0.717, 1.165) is 35.6 Å². The fraction of sp³-hybridized carbons (Fsp3) is 0.538. The number of ether oxygens (including phenoxy) is 2. The van der Waals surface area contributed by atoms with Crippen LogP contribution >= 0.6 is 15.9 Å². The van der Waals surface area contributed by atoms with Gasteiger partial charge in [0, 0.05) is 19.6 Å². The summed E-state index contributed by atoms with van der Waals surface area (Å²) in [5.41, 5.74) is 1.20. The summed E-state index contributed by atoms with van der Waals surface area (Å²) in [6, 6.07) is 4.12. The van der Waals surface area contributed by atoms with E-state index in [4.69, 9.17) is 9.47 Å². The number of hydrogen-bond acceptors (Lipinski definition) is 4. The zero-order valence-corrected chi connectivity index (χ0v) is 12.4. The monoisotopic (exact) mass is 314 g/mol. The van der Waals surface area contributed by atoms with Gasteiger partial charge < -0.3 is 19.7 Å². The lowest BCUT2D eigenvalue weighted by Gasteiger charge is -2.20. The molecule has 0 spiro atoms. The molecule has 1 aliphatic rings. The molecule has 0 saturated carbocycles. The van der Waals surface area contributed by atoms with Gasteiger partial charge in [-0.2, -0.15) is 0 Å². The van der Waals surface area contributed by atoms with Crippen molar-refractivity contribution in [3.63, 3.8) is 0 Å². The van der Waals surface area contributed by atoms with Crippen molar-refractivity contribution < 1.29 is 9.47 Å². The molecule has 0 atom stereocenters. The summed E-state index contributed by atoms with van der Waals surface area (Å²) in [5, 5.41) is 3.41. The minimum atomic E-state index is 0.617. The van der Waals surface area contributed by atoms with Gasteiger partial charge in [-0.3, -0.25) is 0 Å². The van der Waals surface area contributed by atoms with Crippen LogP contribution in [0.3, 0.4) is 0 Å². The summed E-state index contributed by atoms with van der Waals surface area (Å²) in [7, 11) is 4.14. The Labute approximate surface area is 116 Å². The highest BCUT2D eigenvalue weighted by atomic mass is 79.9. The Bertz CT molecular complexity index is 410. The summed E-state index contributed by atoms with van der Waals surface area (Å²) in [6.07, 6.45) is 0. The fourth-order valence-electron chi connectivity index (χ4n) is 1.80. The first-order chi connectivity index (χ1) is 8.66. The Morgan fingerprint density at radius 3 is 2.83 bits per heavy atom. The van der Waals surface area contributed by atoms with Crippen LogP contribution in [0.1, 0.15) is 5.56 Å². The van der Waals surface area contributed by atoms with Crippen LogP contribution in [0.2, 0.25) is 0 Å². The molecule has 2 rings (SSSR count). The number of benzene rings is 1. The van der Waals surface area contributed by atoms with Gasteiger partial charge in [0.15, 0.2) is 11.5 Å². The van der Waals surface area contributed by atoms with Crippen molar-refractivity contribution in [3.8, 4) is 11.5 Å². The highest BCUT2D eigenvalue weighted by Crippen LogP contribution is 2.38. The summed E-state index contributed by atoms with van der Waals surface area (Å²) in [5.74, 6) is 1.65. The molecule has 1 aliphatic heterocycles. The van der Waals surface area contributed by atoms with E-state index in [2.05, 4.69) is 46.3 Å². The molecule has 0 saturated heterocycles. The normalized spacial score (nSPS) is 14.0. The van der Waals surface area contributed by atoms with Crippen molar-refractivity contribution in [2.24, 2.45) is 0 Å². The van der Waals surface area contributed by atoms with Crippen molar-refractivity contribution in [2.75, 3.05) is 40.4 Å². The van der Waals surface area contributed by atoms with Crippen LogP contribution in [0.4, 0.5) is 0 Å². The van der Waals surface area contributed by atoms with Gasteiger partial charge in [-0.1, -0.05) is 0 Å². The number of nitrogens with zero attached hydrogens (tertiary/aromatic N) is 1. The lowest BCUT2D eigenvalue weighted by molar-refractivity contribution is 0.170. The first-order valence-electron chi connectivity index (χ1n) is 6.10. The molecule has 18 heavy (non-hydrogen) atoms. The molecule has 0 radical (unpaired) electrons. The SMILES string of the molecule is CN(C)CCNCc1cc(Br)c2c(c1)OCCO2. The lowest BCUT2D eigenvalue weighted by Crippen LogP contribution is -2.26. The summed E-state index contributed by atoms with van der Waals surface area (Å²) < 4.78 is 12.1. The lowest BCUT2D eigenvalue weighted by atomic mass is 10.2. The number of fused-ring (bicyclic) bond motifs is 1. The fourth-order valence-corrected chi connectivity index (χ4v) is 2.41. The van der Waals surface area contributed by atoms with Crippen molar-refractivity contribution in [1.82, 2.24) is 10.2 Å². The second kappa shape index (κ2) is 6.41. The van der Waals surface area contributed by atoms with E-state index in [0.29, 0.717) is 13.2 Å². The standard InChI is InChI=1S/C13H19BrN2O2/c1-16(2)4-3-15-9-10-7-11(14)13-12(8-10)17-5-6-18-13/h7-8,15H,3-6,9H2,1-2H3. The molecule has 5 heteroatoms. The van der Waals surface area contributed by atoms with E-state index >= 15 is 0 Å². The molecular weight excluding hydrogens is 296 g/mol. The zero-order valence-electron chi connectivity index (χ0n) is 10.8. The van der Waals surface area contributed by atoms with Crippen molar-refractivity contribution in [3.05, 3.63) is 22.2 Å². The highest BCUT2D eigenvalue weighted by molar-refractivity contribution is 9.10. The molecule has 0 aromatic heterocycles. The molecule has 0 aliphatic carbocycles. The maximum absolute atomic E-state index is 5.60. The quantitative estimate of drug-likeness (QED) is 0.841. The summed E-state index contributed by atoms with van der Waals surface area (Å²) in [6.45, 7) is 4.08. The van der Waals surface area contributed by atoms with Gasteiger partial charge in [0.25, 0.3) is 0 Å². The first-order valence-corrected chi connectivity index (χ1v) is 6.89. The smallest absolute Gasteiger partial charge is 0.175 e. The van der Waals surface area contributed by atoms with Gasteiger partial charge >= 0.3 is 0 Å². The second-order valence-electron chi connectivity index (χ2n) is 4.58. The third-order valence-corrected chi connectivity index (χ3v) is 3.31. The number of rotatable bonds is 5. The maximum atomic E-state index is 5.60. The van der Waals surface area contributed by atoms with E-state index in [1.165, 1.54) is 5.56 Å². The average molecular weight is 315 g/mol. The third kappa shape index (κ3) is 3.60. The Morgan fingerprint density at radius 2 is 2.06 bits per heavy atom. The van der Waals surface area contributed by atoms with Gasteiger partial charge in [-0.15, -0.1) is 0 Å². The van der Waals surface area contributed by atoms with Crippen LogP contribution in [0, 0.1) is 0 Å². The third-order valence-electron chi connectivity index (χ3n) is 2.72. The molecule has 100 valence electrons. The van der Waals surface area contributed by atoms with Crippen LogP contribution in [0.25, 0.3) is 0 Å². The van der Waals surface area contributed by atoms with Crippen LogP contribution < -0.4 is 14.8 Å². The molecule has 1 aromatic rings. The number of likely N-dealkylation sites (N-methyl/N-ethyl adjacent to an activating group) is 1. The van der Waals surface area contributed by atoms with Gasteiger partial charge in [0.05, 0.1) is 4.47 Å². The van der Waals surface area contributed by atoms with Gasteiger partial charge in [-0.25, -0.2) is 0 Å². The molecule has 0 fully saturated rings. The Balaban J connectivity index is 1.95. The molecule has 4 nitrogen and oxygen atoms in total. The van der Waals surface area contributed by atoms with E-state index in [9.17, 15) is 0 Å². The Morgan fingerprint density at radius 1 is 1.28 bits per heavy atom. The predicted molar refractivity (Wildman–Crippen MR) is 75.4 cm³/mol. The van der Waals surface area contributed by atoms with Crippen molar-refractivity contribution >= 4 is 15.9 Å². The molecule has 1 heterocycles. The van der Waals surface area contributed by atoms with Crippen molar-refractivity contribution in [2.45, 2.75) is 6.54 Å². The van der Waals surface area contributed by atoms with Crippen LogP contribution in [-0.2, 0) is 6.54 Å². The Kier molecular flexibility index (Phi) is 4.86. The predicted octanol–water partition coefficient (Wildman–Crippen LogP) is 1.87. The molecule has 1 aromatic carbocycles. The van der Waals surface area contributed by atoms with E-state index < -0.39 is 0 Å². The number of hydrogen-bond donors (Lipinski definition) is 1. The van der Waals surface area contributed by atoms with Gasteiger partial charge in [0.1, 0.15) is 13.2 Å². The molecule has 0 bridgehead atoms. The molecular formula is C13H19BrN2O2. The van der Waals surface area contributed by atoms with Gasteiger partial charge in [-0.05, 0) is 47.7 Å². The van der Waals surface area contributed by atoms with E-state index in [-0.39, 0.29) is 0 Å². The minimum Gasteiger partial charge on any atom is -0.486 e. The summed E-state index contributed by atoms with van der Waals surface area (Å²) >= 11 is 3.52. The van der Waals surface area contributed by atoms with Gasteiger partial charge in [0.2, 0.25) is 0 Å². The largest absolute Gasteiger partial charge is 0.486 e. The molecule has 1 N–H and O–H groups in total. The second-order valence-corrected chi connectivity index (χ2v) is 5.44. The molecule has 0 amide bonds. The maximum Gasteiger partial charge on any atom is 0.175 e. The van der Waals surface area contributed by atoms with Crippen LogP contribution in [-0.4, -0.2) is 45.3 Å². The van der Waals surface area contributed by atoms with Crippen LogP contribution in [0.15, 0.2) is 16.6 Å².